The summed E-state index contributed by atoms with van der Waals surface area (Å²) in [5, 5.41) is 4.55. The minimum absolute atomic E-state index is 0.0865. The fourth-order valence-corrected chi connectivity index (χ4v) is 6.38. The van der Waals surface area contributed by atoms with Gasteiger partial charge in [-0.15, -0.1) is 0 Å². The van der Waals surface area contributed by atoms with E-state index in [-0.39, 0.29) is 23.4 Å². The summed E-state index contributed by atoms with van der Waals surface area (Å²) in [5.74, 6) is -0.298. The van der Waals surface area contributed by atoms with Crippen molar-refractivity contribution in [3.8, 4) is 0 Å². The van der Waals surface area contributed by atoms with Gasteiger partial charge in [-0.3, -0.25) is 14.0 Å². The van der Waals surface area contributed by atoms with Crippen LogP contribution in [0.4, 0.5) is 5.69 Å². The molecule has 1 fully saturated rings. The second-order valence-corrected chi connectivity index (χ2v) is 9.95. The molecule has 0 saturated carbocycles. The van der Waals surface area contributed by atoms with E-state index in [4.69, 9.17) is 0 Å². The van der Waals surface area contributed by atoms with Gasteiger partial charge in [0, 0.05) is 11.9 Å². The van der Waals surface area contributed by atoms with Crippen LogP contribution in [-0.2, 0) is 14.8 Å². The smallest absolute Gasteiger partial charge is 0.265 e. The Balaban J connectivity index is 1.34. The average Bonchev–Trinajstić information content (AvgIpc) is 3.38. The largest absolute Gasteiger partial charge is 0.353 e. The first-order chi connectivity index (χ1) is 15.1. The highest BCUT2D eigenvalue weighted by molar-refractivity contribution is 7.93. The lowest BCUT2D eigenvalue weighted by atomic mass is 10.1. The Morgan fingerprint density at radius 3 is 2.39 bits per heavy atom. The molecule has 3 aromatic carbocycles. The topological polar surface area (TPSA) is 69.7 Å². The van der Waals surface area contributed by atoms with Crippen LogP contribution >= 0.6 is 0 Å². The molecule has 0 spiro atoms. The predicted molar refractivity (Wildman–Crippen MR) is 121 cm³/mol. The van der Waals surface area contributed by atoms with Gasteiger partial charge in [-0.2, -0.15) is 0 Å². The summed E-state index contributed by atoms with van der Waals surface area (Å²) in [6, 6.07) is 21.0. The zero-order valence-corrected chi connectivity index (χ0v) is 18.0. The van der Waals surface area contributed by atoms with Crippen molar-refractivity contribution in [1.29, 1.82) is 0 Å². The van der Waals surface area contributed by atoms with Gasteiger partial charge in [-0.1, -0.05) is 54.6 Å². The second-order valence-electron chi connectivity index (χ2n) is 8.12. The van der Waals surface area contributed by atoms with Crippen LogP contribution in [0.1, 0.15) is 24.4 Å². The Morgan fingerprint density at radius 1 is 0.935 bits per heavy atom. The summed E-state index contributed by atoms with van der Waals surface area (Å²) in [6.07, 6.45) is 2.32. The predicted octanol–water partition coefficient (Wildman–Crippen LogP) is 3.30. The van der Waals surface area contributed by atoms with Gasteiger partial charge in [0.05, 0.1) is 16.6 Å². The standard InChI is InChI=1S/C24H25N3O3S/c28-23(25-16-21(26-14-4-5-15-26)18-8-2-1-3-9-18)17-27-20-12-6-10-19-11-7-13-22(24(19)20)31(27,29)30/h1-3,6-13,21H,4-5,14-17H2,(H,25,28). The van der Waals surface area contributed by atoms with Gasteiger partial charge in [0.2, 0.25) is 5.91 Å². The molecular formula is C24H25N3O3S. The van der Waals surface area contributed by atoms with Crippen molar-refractivity contribution in [2.24, 2.45) is 0 Å². The van der Waals surface area contributed by atoms with E-state index in [1.807, 2.05) is 36.4 Å². The third-order valence-corrected chi connectivity index (χ3v) is 8.03. The summed E-state index contributed by atoms with van der Waals surface area (Å²) >= 11 is 0. The lowest BCUT2D eigenvalue weighted by Crippen LogP contribution is -2.42. The van der Waals surface area contributed by atoms with E-state index in [2.05, 4.69) is 22.3 Å². The van der Waals surface area contributed by atoms with E-state index < -0.39 is 10.0 Å². The van der Waals surface area contributed by atoms with Crippen molar-refractivity contribution in [2.75, 3.05) is 30.5 Å². The van der Waals surface area contributed by atoms with E-state index in [0.717, 1.165) is 36.9 Å². The number of carbonyl (C=O) groups is 1. The number of hydrogen-bond donors (Lipinski definition) is 1. The highest BCUT2D eigenvalue weighted by atomic mass is 32.2. The summed E-state index contributed by atoms with van der Waals surface area (Å²) < 4.78 is 27.4. The zero-order valence-electron chi connectivity index (χ0n) is 17.2. The van der Waals surface area contributed by atoms with Crippen molar-refractivity contribution >= 4 is 32.4 Å². The maximum Gasteiger partial charge on any atom is 0.265 e. The number of nitrogens with one attached hydrogen (secondary N) is 1. The van der Waals surface area contributed by atoms with Crippen LogP contribution in [0.3, 0.4) is 0 Å². The molecule has 0 bridgehead atoms. The van der Waals surface area contributed by atoms with E-state index in [9.17, 15) is 13.2 Å². The molecule has 0 aromatic heterocycles. The van der Waals surface area contributed by atoms with Crippen LogP contribution in [0.2, 0.25) is 0 Å². The molecule has 2 aliphatic heterocycles. The number of carbonyl (C=O) groups excluding carboxylic acids is 1. The van der Waals surface area contributed by atoms with Gasteiger partial charge >= 0.3 is 0 Å². The first-order valence-electron chi connectivity index (χ1n) is 10.7. The fraction of sp³-hybridized carbons (Fsp3) is 0.292. The lowest BCUT2D eigenvalue weighted by Gasteiger charge is -2.28. The van der Waals surface area contributed by atoms with E-state index >= 15 is 0 Å². The summed E-state index contributed by atoms with van der Waals surface area (Å²) in [5.41, 5.74) is 1.73. The molecule has 7 heteroatoms. The fourth-order valence-electron chi connectivity index (χ4n) is 4.71. The maximum atomic E-state index is 13.1. The molecule has 1 amide bonds. The molecule has 160 valence electrons. The maximum absolute atomic E-state index is 13.1. The number of nitrogens with zero attached hydrogens (tertiary/aromatic N) is 2. The lowest BCUT2D eigenvalue weighted by molar-refractivity contribution is -0.119. The van der Waals surface area contributed by atoms with Gasteiger partial charge in [0.25, 0.3) is 10.0 Å². The Kier molecular flexibility index (Phi) is 5.16. The zero-order chi connectivity index (χ0) is 21.4. The Morgan fingerprint density at radius 2 is 1.65 bits per heavy atom. The average molecular weight is 436 g/mol. The molecule has 31 heavy (non-hydrogen) atoms. The van der Waals surface area contributed by atoms with E-state index in [1.165, 1.54) is 4.31 Å². The van der Waals surface area contributed by atoms with Crippen molar-refractivity contribution in [1.82, 2.24) is 10.2 Å². The monoisotopic (exact) mass is 435 g/mol. The Bertz CT molecular complexity index is 1220. The van der Waals surface area contributed by atoms with Crippen molar-refractivity contribution < 1.29 is 13.2 Å². The van der Waals surface area contributed by atoms with E-state index in [0.29, 0.717) is 17.6 Å². The molecule has 1 N–H and O–H groups in total. The van der Waals surface area contributed by atoms with Crippen LogP contribution < -0.4 is 9.62 Å². The number of anilines is 1. The van der Waals surface area contributed by atoms with Crippen LogP contribution in [0.5, 0.6) is 0 Å². The van der Waals surface area contributed by atoms with Crippen LogP contribution in [0.15, 0.2) is 71.6 Å². The molecule has 5 rings (SSSR count). The highest BCUT2D eigenvalue weighted by Gasteiger charge is 2.36. The van der Waals surface area contributed by atoms with Crippen LogP contribution in [0.25, 0.3) is 10.8 Å². The first kappa shape index (κ1) is 20.0. The molecule has 1 unspecified atom stereocenters. The molecule has 6 nitrogen and oxygen atoms in total. The quantitative estimate of drug-likeness (QED) is 0.645. The third kappa shape index (κ3) is 3.58. The van der Waals surface area contributed by atoms with Crippen molar-refractivity contribution in [3.05, 3.63) is 72.3 Å². The number of hydrogen-bond acceptors (Lipinski definition) is 4. The van der Waals surface area contributed by atoms with Crippen molar-refractivity contribution in [3.63, 3.8) is 0 Å². The molecule has 1 atom stereocenters. The molecule has 1 saturated heterocycles. The molecular weight excluding hydrogens is 410 g/mol. The molecule has 0 aliphatic carbocycles. The van der Waals surface area contributed by atoms with Crippen LogP contribution in [0, 0.1) is 0 Å². The highest BCUT2D eigenvalue weighted by Crippen LogP contribution is 2.41. The van der Waals surface area contributed by atoms with Gasteiger partial charge in [0.1, 0.15) is 6.54 Å². The molecule has 0 radical (unpaired) electrons. The summed E-state index contributed by atoms with van der Waals surface area (Å²) in [6.45, 7) is 2.24. The molecule has 2 aliphatic rings. The summed E-state index contributed by atoms with van der Waals surface area (Å²) in [7, 11) is -3.74. The minimum Gasteiger partial charge on any atom is -0.353 e. The van der Waals surface area contributed by atoms with Gasteiger partial charge in [-0.05, 0) is 49.0 Å². The van der Waals surface area contributed by atoms with Gasteiger partial charge < -0.3 is 5.32 Å². The normalized spacial score (nSPS) is 18.4. The molecule has 2 heterocycles. The van der Waals surface area contributed by atoms with Gasteiger partial charge in [-0.25, -0.2) is 8.42 Å². The Labute approximate surface area is 182 Å². The number of sulfonamides is 1. The second kappa shape index (κ2) is 7.98. The van der Waals surface area contributed by atoms with Crippen molar-refractivity contribution in [2.45, 2.75) is 23.8 Å². The third-order valence-electron chi connectivity index (χ3n) is 6.23. The minimum atomic E-state index is -3.74. The summed E-state index contributed by atoms with van der Waals surface area (Å²) in [4.78, 5) is 15.5. The SMILES string of the molecule is O=C(CN1c2cccc3cccc(c23)S1(=O)=O)NCC(c1ccccc1)N1CCCC1. The number of benzene rings is 3. The van der Waals surface area contributed by atoms with Crippen LogP contribution in [-0.4, -0.2) is 45.4 Å². The van der Waals surface area contributed by atoms with E-state index in [1.54, 1.807) is 18.2 Å². The van der Waals surface area contributed by atoms with Gasteiger partial charge in [0.15, 0.2) is 0 Å². The number of likely N-dealkylation sites (tertiary alicyclic amines) is 1. The number of rotatable bonds is 6. The number of amides is 1. The first-order valence-corrected chi connectivity index (χ1v) is 12.1. The Hall–Kier alpha value is -2.90. The molecule has 3 aromatic rings.